The molecule has 2 rings (SSSR count). The van der Waals surface area contributed by atoms with Crippen LogP contribution in [0, 0.1) is 0 Å². The van der Waals surface area contributed by atoms with Gasteiger partial charge in [0.15, 0.2) is 5.13 Å². The number of hydrogen-bond donors (Lipinski definition) is 2. The third kappa shape index (κ3) is 4.18. The first-order chi connectivity index (χ1) is 9.99. The standard InChI is InChI=1S/C14H16BrN3O2S/c1-8(9-3-4-12(20-2)11(15)5-9)17-13(19)6-10-7-21-14(16)18-10/h3-5,7-8H,6H2,1-2H3,(H2,16,18)(H,17,19). The average Bonchev–Trinajstić information content (AvgIpc) is 2.83. The Morgan fingerprint density at radius 1 is 1.57 bits per heavy atom. The summed E-state index contributed by atoms with van der Waals surface area (Å²) in [7, 11) is 1.62. The van der Waals surface area contributed by atoms with Crippen LogP contribution in [0.5, 0.6) is 5.75 Å². The minimum absolute atomic E-state index is 0.0836. The number of ether oxygens (including phenoxy) is 1. The van der Waals surface area contributed by atoms with Crippen molar-refractivity contribution in [2.75, 3.05) is 12.8 Å². The molecule has 0 saturated heterocycles. The molecule has 7 heteroatoms. The number of methoxy groups -OCH3 is 1. The highest BCUT2D eigenvalue weighted by molar-refractivity contribution is 9.10. The highest BCUT2D eigenvalue weighted by Gasteiger charge is 2.13. The number of anilines is 1. The maximum Gasteiger partial charge on any atom is 0.226 e. The number of carbonyl (C=O) groups is 1. The lowest BCUT2D eigenvalue weighted by Gasteiger charge is -2.15. The highest BCUT2D eigenvalue weighted by atomic mass is 79.9. The second-order valence-corrected chi connectivity index (χ2v) is 6.28. The van der Waals surface area contributed by atoms with Crippen LogP contribution in [-0.2, 0) is 11.2 Å². The van der Waals surface area contributed by atoms with Crippen molar-refractivity contribution in [3.05, 3.63) is 39.3 Å². The number of carbonyl (C=O) groups excluding carboxylic acids is 1. The fraction of sp³-hybridized carbons (Fsp3) is 0.286. The van der Waals surface area contributed by atoms with Gasteiger partial charge in [-0.25, -0.2) is 4.98 Å². The van der Waals surface area contributed by atoms with Crippen LogP contribution in [0.4, 0.5) is 5.13 Å². The summed E-state index contributed by atoms with van der Waals surface area (Å²) in [5.74, 6) is 0.676. The summed E-state index contributed by atoms with van der Waals surface area (Å²) in [6, 6.07) is 5.62. The molecular weight excluding hydrogens is 354 g/mol. The molecular formula is C14H16BrN3O2S. The zero-order chi connectivity index (χ0) is 15.4. The van der Waals surface area contributed by atoms with Crippen molar-refractivity contribution in [3.63, 3.8) is 0 Å². The lowest BCUT2D eigenvalue weighted by atomic mass is 10.1. The number of nitrogen functional groups attached to an aromatic ring is 1. The molecule has 112 valence electrons. The van der Waals surface area contributed by atoms with Gasteiger partial charge in [-0.1, -0.05) is 6.07 Å². The summed E-state index contributed by atoms with van der Waals surface area (Å²) in [5, 5.41) is 5.21. The predicted octanol–water partition coefficient (Wildman–Crippen LogP) is 2.92. The summed E-state index contributed by atoms with van der Waals surface area (Å²) >= 11 is 4.77. The Balaban J connectivity index is 1.98. The molecule has 1 aromatic carbocycles. The van der Waals surface area contributed by atoms with Gasteiger partial charge in [-0.15, -0.1) is 11.3 Å². The minimum atomic E-state index is -0.101. The van der Waals surface area contributed by atoms with Crippen LogP contribution >= 0.6 is 27.3 Å². The smallest absolute Gasteiger partial charge is 0.226 e. The van der Waals surface area contributed by atoms with E-state index in [0.717, 1.165) is 15.8 Å². The van der Waals surface area contributed by atoms with Gasteiger partial charge >= 0.3 is 0 Å². The van der Waals surface area contributed by atoms with Crippen LogP contribution in [0.1, 0.15) is 24.2 Å². The molecule has 1 amide bonds. The molecule has 0 spiro atoms. The lowest BCUT2D eigenvalue weighted by molar-refractivity contribution is -0.121. The van der Waals surface area contributed by atoms with Crippen LogP contribution < -0.4 is 15.8 Å². The van der Waals surface area contributed by atoms with Gasteiger partial charge in [0, 0.05) is 5.38 Å². The van der Waals surface area contributed by atoms with Crippen LogP contribution in [0.15, 0.2) is 28.1 Å². The summed E-state index contributed by atoms with van der Waals surface area (Å²) in [4.78, 5) is 16.1. The molecule has 1 atom stereocenters. The average molecular weight is 370 g/mol. The van der Waals surface area contributed by atoms with E-state index in [1.165, 1.54) is 11.3 Å². The molecule has 3 N–H and O–H groups in total. The summed E-state index contributed by atoms with van der Waals surface area (Å²) in [6.45, 7) is 1.93. The molecule has 0 radical (unpaired) electrons. The summed E-state index contributed by atoms with van der Waals surface area (Å²) in [6.07, 6.45) is 0.232. The van der Waals surface area contributed by atoms with Crippen molar-refractivity contribution in [2.45, 2.75) is 19.4 Å². The predicted molar refractivity (Wildman–Crippen MR) is 87.5 cm³/mol. The van der Waals surface area contributed by atoms with E-state index in [2.05, 4.69) is 26.2 Å². The van der Waals surface area contributed by atoms with Crippen LogP contribution in [0.2, 0.25) is 0 Å². The molecule has 0 saturated carbocycles. The van der Waals surface area contributed by atoms with Crippen molar-refractivity contribution in [3.8, 4) is 5.75 Å². The fourth-order valence-corrected chi connectivity index (χ4v) is 3.02. The number of nitrogens with zero attached hydrogens (tertiary/aromatic N) is 1. The Kier molecular flexibility index (Phi) is 5.19. The number of nitrogens with two attached hydrogens (primary N) is 1. The SMILES string of the molecule is COc1ccc(C(C)NC(=O)Cc2csc(N)n2)cc1Br. The molecule has 0 bridgehead atoms. The van der Waals surface area contributed by atoms with Gasteiger partial charge in [-0.05, 0) is 40.5 Å². The number of nitrogens with one attached hydrogen (secondary N) is 1. The van der Waals surface area contributed by atoms with E-state index in [0.29, 0.717) is 10.8 Å². The molecule has 0 aliphatic carbocycles. The van der Waals surface area contributed by atoms with Crippen molar-refractivity contribution >= 4 is 38.3 Å². The normalized spacial score (nSPS) is 12.0. The zero-order valence-corrected chi connectivity index (χ0v) is 14.1. The number of halogens is 1. The molecule has 1 heterocycles. The maximum atomic E-state index is 12.0. The van der Waals surface area contributed by atoms with Gasteiger partial charge in [-0.2, -0.15) is 0 Å². The number of rotatable bonds is 5. The number of aromatic nitrogens is 1. The van der Waals surface area contributed by atoms with Crippen LogP contribution in [-0.4, -0.2) is 18.0 Å². The molecule has 5 nitrogen and oxygen atoms in total. The topological polar surface area (TPSA) is 77.2 Å². The zero-order valence-electron chi connectivity index (χ0n) is 11.7. The van der Waals surface area contributed by atoms with E-state index < -0.39 is 0 Å². The van der Waals surface area contributed by atoms with Crippen molar-refractivity contribution in [2.24, 2.45) is 0 Å². The van der Waals surface area contributed by atoms with Crippen molar-refractivity contribution < 1.29 is 9.53 Å². The van der Waals surface area contributed by atoms with E-state index in [1.807, 2.05) is 25.1 Å². The molecule has 1 unspecified atom stereocenters. The van der Waals surface area contributed by atoms with E-state index >= 15 is 0 Å². The largest absolute Gasteiger partial charge is 0.496 e. The number of benzene rings is 1. The Bertz CT molecular complexity index is 645. The van der Waals surface area contributed by atoms with Gasteiger partial charge < -0.3 is 15.8 Å². The molecule has 2 aromatic rings. The van der Waals surface area contributed by atoms with Crippen molar-refractivity contribution in [1.82, 2.24) is 10.3 Å². The van der Waals surface area contributed by atoms with Gasteiger partial charge in [0.25, 0.3) is 0 Å². The van der Waals surface area contributed by atoms with Crippen LogP contribution in [0.3, 0.4) is 0 Å². The first-order valence-electron chi connectivity index (χ1n) is 6.32. The second-order valence-electron chi connectivity index (χ2n) is 4.54. The molecule has 0 fully saturated rings. The summed E-state index contributed by atoms with van der Waals surface area (Å²) in [5.41, 5.74) is 7.24. The molecule has 0 aliphatic heterocycles. The Morgan fingerprint density at radius 3 is 2.90 bits per heavy atom. The van der Waals surface area contributed by atoms with Crippen molar-refractivity contribution in [1.29, 1.82) is 0 Å². The number of thiazole rings is 1. The second kappa shape index (κ2) is 6.91. The van der Waals surface area contributed by atoms with E-state index in [1.54, 1.807) is 12.5 Å². The van der Waals surface area contributed by atoms with E-state index in [-0.39, 0.29) is 18.4 Å². The summed E-state index contributed by atoms with van der Waals surface area (Å²) < 4.78 is 6.05. The van der Waals surface area contributed by atoms with E-state index in [9.17, 15) is 4.79 Å². The van der Waals surface area contributed by atoms with E-state index in [4.69, 9.17) is 10.5 Å². The Morgan fingerprint density at radius 2 is 2.33 bits per heavy atom. The third-order valence-corrected chi connectivity index (χ3v) is 4.31. The van der Waals surface area contributed by atoms with Gasteiger partial charge in [0.2, 0.25) is 5.91 Å². The molecule has 1 aromatic heterocycles. The Hall–Kier alpha value is -1.60. The quantitative estimate of drug-likeness (QED) is 0.849. The molecule has 21 heavy (non-hydrogen) atoms. The fourth-order valence-electron chi connectivity index (χ4n) is 1.90. The first kappa shape index (κ1) is 15.8. The molecule has 0 aliphatic rings. The lowest BCUT2D eigenvalue weighted by Crippen LogP contribution is -2.28. The first-order valence-corrected chi connectivity index (χ1v) is 7.99. The number of amides is 1. The monoisotopic (exact) mass is 369 g/mol. The Labute approximate surface area is 135 Å². The minimum Gasteiger partial charge on any atom is -0.496 e. The van der Waals surface area contributed by atoms with Gasteiger partial charge in [0.1, 0.15) is 5.75 Å². The van der Waals surface area contributed by atoms with Gasteiger partial charge in [-0.3, -0.25) is 4.79 Å². The maximum absolute atomic E-state index is 12.0. The van der Waals surface area contributed by atoms with Gasteiger partial charge in [0.05, 0.1) is 29.7 Å². The third-order valence-electron chi connectivity index (χ3n) is 2.96. The number of hydrogen-bond acceptors (Lipinski definition) is 5. The highest BCUT2D eigenvalue weighted by Crippen LogP contribution is 2.28. The van der Waals surface area contributed by atoms with Crippen LogP contribution in [0.25, 0.3) is 0 Å².